The Hall–Kier alpha value is -3.32. The number of benzene rings is 2. The average Bonchev–Trinajstić information content (AvgIpc) is 3.40. The van der Waals surface area contributed by atoms with Gasteiger partial charge in [0.05, 0.1) is 18.7 Å². The van der Waals surface area contributed by atoms with Crippen molar-refractivity contribution in [1.82, 2.24) is 14.8 Å². The second-order valence-electron chi connectivity index (χ2n) is 8.34. The van der Waals surface area contributed by atoms with E-state index in [-0.39, 0.29) is 5.91 Å². The molecule has 0 fully saturated rings. The summed E-state index contributed by atoms with van der Waals surface area (Å²) >= 11 is 6.40. The zero-order chi connectivity index (χ0) is 23.4. The van der Waals surface area contributed by atoms with E-state index in [0.717, 1.165) is 42.2 Å². The van der Waals surface area contributed by atoms with Crippen LogP contribution >= 0.6 is 11.6 Å². The maximum absolute atomic E-state index is 12.5. The maximum Gasteiger partial charge on any atom is 0.248 e. The van der Waals surface area contributed by atoms with Crippen molar-refractivity contribution in [3.05, 3.63) is 58.9 Å². The Morgan fingerprint density at radius 2 is 2.12 bits per heavy atom. The van der Waals surface area contributed by atoms with Crippen LogP contribution in [0.5, 0.6) is 11.5 Å². The number of nitrogens with zero attached hydrogens (tertiary/aromatic N) is 3. The molecule has 33 heavy (non-hydrogen) atoms. The van der Waals surface area contributed by atoms with Gasteiger partial charge in [-0.2, -0.15) is 0 Å². The fourth-order valence-corrected chi connectivity index (χ4v) is 3.96. The van der Waals surface area contributed by atoms with E-state index in [1.54, 1.807) is 25.3 Å². The van der Waals surface area contributed by atoms with Crippen LogP contribution in [0.25, 0.3) is 17.5 Å². The van der Waals surface area contributed by atoms with Gasteiger partial charge >= 0.3 is 0 Å². The quantitative estimate of drug-likeness (QED) is 0.459. The highest BCUT2D eigenvalue weighted by Crippen LogP contribution is 2.37. The number of carbonyl (C=O) groups is 1. The van der Waals surface area contributed by atoms with Crippen molar-refractivity contribution >= 4 is 29.3 Å². The molecule has 2 heterocycles. The van der Waals surface area contributed by atoms with Crippen molar-refractivity contribution in [1.29, 1.82) is 0 Å². The minimum Gasteiger partial charge on any atom is -0.493 e. The first-order chi connectivity index (χ1) is 15.9. The molecule has 0 saturated heterocycles. The van der Waals surface area contributed by atoms with Crippen LogP contribution in [0.1, 0.15) is 31.7 Å². The molecule has 0 bridgehead atoms. The first-order valence-corrected chi connectivity index (χ1v) is 11.3. The lowest BCUT2D eigenvalue weighted by atomic mass is 10.1. The van der Waals surface area contributed by atoms with Crippen LogP contribution < -0.4 is 14.8 Å². The Balaban J connectivity index is 1.46. The molecule has 1 amide bonds. The highest BCUT2D eigenvalue weighted by atomic mass is 35.5. The molecule has 0 atom stereocenters. The number of hydrogen-bond acceptors (Lipinski definition) is 5. The third kappa shape index (κ3) is 5.37. The molecule has 4 rings (SSSR count). The molecule has 3 aromatic rings. The largest absolute Gasteiger partial charge is 0.493 e. The van der Waals surface area contributed by atoms with E-state index in [1.165, 1.54) is 6.08 Å². The Labute approximate surface area is 198 Å². The highest BCUT2D eigenvalue weighted by molar-refractivity contribution is 6.32. The van der Waals surface area contributed by atoms with Crippen molar-refractivity contribution < 1.29 is 14.3 Å². The molecule has 1 aliphatic rings. The van der Waals surface area contributed by atoms with Gasteiger partial charge in [0.2, 0.25) is 5.91 Å². The second kappa shape index (κ2) is 10.1. The SMILES string of the molecule is COc1cc(C=CC(=O)Nc2cccc(-c3nnc4n3CCC4)c2)cc(Cl)c1OCC(C)C. The monoisotopic (exact) mass is 466 g/mol. The lowest BCUT2D eigenvalue weighted by Crippen LogP contribution is -2.08. The topological polar surface area (TPSA) is 78.3 Å². The first kappa shape index (κ1) is 22.9. The molecular weight excluding hydrogens is 440 g/mol. The number of ether oxygens (including phenoxy) is 2. The number of nitrogens with one attached hydrogen (secondary N) is 1. The van der Waals surface area contributed by atoms with E-state index in [1.807, 2.05) is 24.3 Å². The molecule has 172 valence electrons. The number of fused-ring (bicyclic) bond motifs is 1. The molecule has 0 saturated carbocycles. The molecule has 0 aliphatic carbocycles. The van der Waals surface area contributed by atoms with Crippen molar-refractivity contribution in [3.63, 3.8) is 0 Å². The van der Waals surface area contributed by atoms with E-state index in [0.29, 0.717) is 34.7 Å². The summed E-state index contributed by atoms with van der Waals surface area (Å²) in [6, 6.07) is 11.2. The van der Waals surface area contributed by atoms with Gasteiger partial charge in [0.15, 0.2) is 17.3 Å². The molecular formula is C25H27ClN4O3. The normalized spacial score (nSPS) is 12.9. The predicted molar refractivity (Wildman–Crippen MR) is 130 cm³/mol. The van der Waals surface area contributed by atoms with Crippen molar-refractivity contribution in [2.75, 3.05) is 19.0 Å². The van der Waals surface area contributed by atoms with E-state index in [2.05, 4.69) is 33.9 Å². The summed E-state index contributed by atoms with van der Waals surface area (Å²) in [5.41, 5.74) is 2.34. The number of halogens is 1. The smallest absolute Gasteiger partial charge is 0.248 e. The lowest BCUT2D eigenvalue weighted by Gasteiger charge is -2.14. The van der Waals surface area contributed by atoms with Crippen LogP contribution in [-0.4, -0.2) is 34.4 Å². The minimum atomic E-state index is -0.256. The van der Waals surface area contributed by atoms with Gasteiger partial charge in [-0.15, -0.1) is 10.2 Å². The summed E-state index contributed by atoms with van der Waals surface area (Å²) in [7, 11) is 1.56. The Morgan fingerprint density at radius 1 is 1.27 bits per heavy atom. The van der Waals surface area contributed by atoms with Crippen LogP contribution in [0.4, 0.5) is 5.69 Å². The third-order valence-electron chi connectivity index (χ3n) is 5.24. The molecule has 1 aromatic heterocycles. The van der Waals surface area contributed by atoms with Crippen molar-refractivity contribution in [3.8, 4) is 22.9 Å². The second-order valence-corrected chi connectivity index (χ2v) is 8.74. The van der Waals surface area contributed by atoms with Gasteiger partial charge in [0.1, 0.15) is 5.82 Å². The zero-order valence-corrected chi connectivity index (χ0v) is 19.7. The predicted octanol–water partition coefficient (Wildman–Crippen LogP) is 5.24. The average molecular weight is 467 g/mol. The van der Waals surface area contributed by atoms with Gasteiger partial charge in [-0.3, -0.25) is 4.79 Å². The van der Waals surface area contributed by atoms with Gasteiger partial charge in [0, 0.05) is 30.3 Å². The molecule has 1 aliphatic heterocycles. The molecule has 2 aromatic carbocycles. The van der Waals surface area contributed by atoms with E-state index in [4.69, 9.17) is 21.1 Å². The highest BCUT2D eigenvalue weighted by Gasteiger charge is 2.18. The summed E-state index contributed by atoms with van der Waals surface area (Å²) in [4.78, 5) is 12.5. The Bertz CT molecular complexity index is 1190. The summed E-state index contributed by atoms with van der Waals surface area (Å²) < 4.78 is 13.3. The number of methoxy groups -OCH3 is 1. The zero-order valence-electron chi connectivity index (χ0n) is 19.0. The maximum atomic E-state index is 12.5. The lowest BCUT2D eigenvalue weighted by molar-refractivity contribution is -0.111. The summed E-state index contributed by atoms with van der Waals surface area (Å²) in [6.07, 6.45) is 5.18. The fraction of sp³-hybridized carbons (Fsp3) is 0.320. The number of aromatic nitrogens is 3. The number of rotatable bonds is 8. The van der Waals surface area contributed by atoms with Crippen molar-refractivity contribution in [2.24, 2.45) is 5.92 Å². The van der Waals surface area contributed by atoms with E-state index >= 15 is 0 Å². The van der Waals surface area contributed by atoms with Crippen LogP contribution in [0.15, 0.2) is 42.5 Å². The molecule has 7 nitrogen and oxygen atoms in total. The van der Waals surface area contributed by atoms with E-state index < -0.39 is 0 Å². The van der Waals surface area contributed by atoms with Gasteiger partial charge in [0.25, 0.3) is 0 Å². The molecule has 1 N–H and O–H groups in total. The third-order valence-corrected chi connectivity index (χ3v) is 5.52. The summed E-state index contributed by atoms with van der Waals surface area (Å²) in [6.45, 7) is 5.57. The minimum absolute atomic E-state index is 0.256. The molecule has 0 unspecified atom stereocenters. The Morgan fingerprint density at radius 3 is 2.91 bits per heavy atom. The standard InChI is InChI=1S/C25H27ClN4O3/c1-16(2)15-33-24-20(26)12-17(13-21(24)32-3)9-10-23(31)27-19-7-4-6-18(14-19)25-29-28-22-8-5-11-30(22)25/h4,6-7,9-10,12-14,16H,5,8,11,15H2,1-3H3,(H,27,31). The molecule has 8 heteroatoms. The number of amides is 1. The number of hydrogen-bond donors (Lipinski definition) is 1. The van der Waals surface area contributed by atoms with Gasteiger partial charge in [-0.25, -0.2) is 0 Å². The van der Waals surface area contributed by atoms with E-state index in [9.17, 15) is 4.79 Å². The van der Waals surface area contributed by atoms with Crippen LogP contribution in [0.2, 0.25) is 5.02 Å². The van der Waals surface area contributed by atoms with Crippen LogP contribution in [0.3, 0.4) is 0 Å². The van der Waals surface area contributed by atoms with Gasteiger partial charge in [-0.1, -0.05) is 37.6 Å². The van der Waals surface area contributed by atoms with Crippen LogP contribution in [0, 0.1) is 5.92 Å². The van der Waals surface area contributed by atoms with Crippen LogP contribution in [-0.2, 0) is 17.8 Å². The number of aryl methyl sites for hydroxylation is 1. The number of carbonyl (C=O) groups excluding carboxylic acids is 1. The van der Waals surface area contributed by atoms with Crippen molar-refractivity contribution in [2.45, 2.75) is 33.2 Å². The summed E-state index contributed by atoms with van der Waals surface area (Å²) in [5, 5.41) is 11.9. The van der Waals surface area contributed by atoms with Gasteiger partial charge in [-0.05, 0) is 48.2 Å². The number of anilines is 1. The molecule has 0 radical (unpaired) electrons. The molecule has 0 spiro atoms. The Kier molecular flexibility index (Phi) is 6.99. The fourth-order valence-electron chi connectivity index (χ4n) is 3.68. The van der Waals surface area contributed by atoms with Gasteiger partial charge < -0.3 is 19.4 Å². The first-order valence-electron chi connectivity index (χ1n) is 11.0. The summed E-state index contributed by atoms with van der Waals surface area (Å²) in [5.74, 6) is 2.97.